The highest BCUT2D eigenvalue weighted by Gasteiger charge is 2.05. The zero-order valence-electron chi connectivity index (χ0n) is 15.8. The van der Waals surface area contributed by atoms with Crippen LogP contribution < -0.4 is 16.0 Å². The van der Waals surface area contributed by atoms with Crippen molar-refractivity contribution in [3.8, 4) is 0 Å². The molecule has 0 spiro atoms. The van der Waals surface area contributed by atoms with Crippen LogP contribution >= 0.6 is 0 Å². The number of para-hydroxylation sites is 1. The van der Waals surface area contributed by atoms with Gasteiger partial charge in [-0.15, -0.1) is 0 Å². The Kier molecular flexibility index (Phi) is 5.53. The summed E-state index contributed by atoms with van der Waals surface area (Å²) in [6, 6.07) is 35.0. The number of carbonyl (C=O) groups is 1. The Bertz CT molecular complexity index is 1080. The van der Waals surface area contributed by atoms with Crippen molar-refractivity contribution < 1.29 is 4.79 Å². The Morgan fingerprint density at radius 1 is 0.483 bits per heavy atom. The number of hydrogen-bond donors (Lipinski definition) is 3. The van der Waals surface area contributed by atoms with Gasteiger partial charge in [0.1, 0.15) is 0 Å². The van der Waals surface area contributed by atoms with E-state index in [1.54, 1.807) is 12.1 Å². The molecule has 0 radical (unpaired) electrons. The molecule has 4 heteroatoms. The molecule has 4 aromatic carbocycles. The van der Waals surface area contributed by atoms with Crippen LogP contribution in [0.25, 0.3) is 0 Å². The van der Waals surface area contributed by atoms with E-state index in [0.717, 1.165) is 28.4 Å². The summed E-state index contributed by atoms with van der Waals surface area (Å²) in [5.41, 5.74) is 5.31. The fourth-order valence-electron chi connectivity index (χ4n) is 2.96. The standard InChI is InChI=1S/C25H21N3O/c29-25(19-8-3-1-4-9-19)28-24-13-7-12-23(18-24)27-22-16-14-21(15-17-22)26-20-10-5-2-6-11-20/h1-18,26-27H,(H,28,29). The predicted molar refractivity (Wildman–Crippen MR) is 120 cm³/mol. The van der Waals surface area contributed by atoms with Gasteiger partial charge in [-0.1, -0.05) is 42.5 Å². The van der Waals surface area contributed by atoms with E-state index in [0.29, 0.717) is 5.56 Å². The van der Waals surface area contributed by atoms with Gasteiger partial charge in [-0.05, 0) is 66.7 Å². The molecule has 142 valence electrons. The lowest BCUT2D eigenvalue weighted by molar-refractivity contribution is 0.102. The molecule has 0 heterocycles. The summed E-state index contributed by atoms with van der Waals surface area (Å²) in [7, 11) is 0. The Hall–Kier alpha value is -4.05. The third-order valence-electron chi connectivity index (χ3n) is 4.39. The van der Waals surface area contributed by atoms with Crippen LogP contribution in [0.4, 0.5) is 28.4 Å². The van der Waals surface area contributed by atoms with Crippen molar-refractivity contribution in [2.24, 2.45) is 0 Å². The normalized spacial score (nSPS) is 10.2. The first-order chi connectivity index (χ1) is 14.3. The highest BCUT2D eigenvalue weighted by atomic mass is 16.1. The maximum Gasteiger partial charge on any atom is 0.255 e. The number of carbonyl (C=O) groups excluding carboxylic acids is 1. The molecule has 0 aliphatic rings. The summed E-state index contributed by atoms with van der Waals surface area (Å²) in [5.74, 6) is -0.126. The van der Waals surface area contributed by atoms with Crippen molar-refractivity contribution in [1.29, 1.82) is 0 Å². The number of hydrogen-bond acceptors (Lipinski definition) is 3. The SMILES string of the molecule is O=C(Nc1cccc(Nc2ccc(Nc3ccccc3)cc2)c1)c1ccccc1. The first-order valence-electron chi connectivity index (χ1n) is 9.42. The van der Waals surface area contributed by atoms with Crippen LogP contribution in [0.2, 0.25) is 0 Å². The summed E-state index contributed by atoms with van der Waals surface area (Å²) < 4.78 is 0. The average molecular weight is 379 g/mol. The average Bonchev–Trinajstić information content (AvgIpc) is 2.77. The Morgan fingerprint density at radius 2 is 0.966 bits per heavy atom. The number of nitrogens with one attached hydrogen (secondary N) is 3. The van der Waals surface area contributed by atoms with Gasteiger partial charge in [0.05, 0.1) is 0 Å². The second kappa shape index (κ2) is 8.76. The largest absolute Gasteiger partial charge is 0.356 e. The molecule has 0 fully saturated rings. The van der Waals surface area contributed by atoms with Crippen LogP contribution in [0.15, 0.2) is 109 Å². The van der Waals surface area contributed by atoms with Gasteiger partial charge < -0.3 is 16.0 Å². The van der Waals surface area contributed by atoms with E-state index in [-0.39, 0.29) is 5.91 Å². The van der Waals surface area contributed by atoms with Gasteiger partial charge in [-0.25, -0.2) is 0 Å². The smallest absolute Gasteiger partial charge is 0.255 e. The van der Waals surface area contributed by atoms with Crippen molar-refractivity contribution in [2.75, 3.05) is 16.0 Å². The first kappa shape index (κ1) is 18.3. The van der Waals surface area contributed by atoms with Crippen molar-refractivity contribution in [2.45, 2.75) is 0 Å². The summed E-state index contributed by atoms with van der Waals surface area (Å²) in [4.78, 5) is 12.3. The number of anilines is 5. The van der Waals surface area contributed by atoms with E-state index in [1.165, 1.54) is 0 Å². The van der Waals surface area contributed by atoms with Crippen molar-refractivity contribution in [1.82, 2.24) is 0 Å². The fourth-order valence-corrected chi connectivity index (χ4v) is 2.96. The lowest BCUT2D eigenvalue weighted by Gasteiger charge is -2.11. The zero-order chi connectivity index (χ0) is 19.9. The predicted octanol–water partition coefficient (Wildman–Crippen LogP) is 6.43. The van der Waals surface area contributed by atoms with Crippen LogP contribution in [0.1, 0.15) is 10.4 Å². The molecule has 0 aromatic heterocycles. The van der Waals surface area contributed by atoms with E-state index in [9.17, 15) is 4.79 Å². The second-order valence-electron chi connectivity index (χ2n) is 6.59. The molecular formula is C25H21N3O. The van der Waals surface area contributed by atoms with Gasteiger partial charge in [0, 0.05) is 34.0 Å². The van der Waals surface area contributed by atoms with E-state index >= 15 is 0 Å². The Morgan fingerprint density at radius 3 is 1.62 bits per heavy atom. The summed E-state index contributed by atoms with van der Waals surface area (Å²) in [6.07, 6.45) is 0. The van der Waals surface area contributed by atoms with Crippen molar-refractivity contribution >= 4 is 34.3 Å². The number of benzene rings is 4. The number of amides is 1. The maximum absolute atomic E-state index is 12.3. The summed E-state index contributed by atoms with van der Waals surface area (Å²) in [6.45, 7) is 0. The van der Waals surface area contributed by atoms with Crippen LogP contribution in [0, 0.1) is 0 Å². The monoisotopic (exact) mass is 379 g/mol. The molecule has 0 saturated heterocycles. The van der Waals surface area contributed by atoms with Crippen LogP contribution in [0.5, 0.6) is 0 Å². The molecule has 1 amide bonds. The molecule has 0 saturated carbocycles. The molecule has 4 nitrogen and oxygen atoms in total. The molecule has 0 aliphatic carbocycles. The van der Waals surface area contributed by atoms with Crippen LogP contribution in [-0.4, -0.2) is 5.91 Å². The fraction of sp³-hybridized carbons (Fsp3) is 0. The zero-order valence-corrected chi connectivity index (χ0v) is 15.8. The molecular weight excluding hydrogens is 358 g/mol. The van der Waals surface area contributed by atoms with Crippen molar-refractivity contribution in [3.05, 3.63) is 115 Å². The highest BCUT2D eigenvalue weighted by Crippen LogP contribution is 2.23. The minimum Gasteiger partial charge on any atom is -0.356 e. The van der Waals surface area contributed by atoms with Gasteiger partial charge in [-0.3, -0.25) is 4.79 Å². The maximum atomic E-state index is 12.3. The molecule has 29 heavy (non-hydrogen) atoms. The quantitative estimate of drug-likeness (QED) is 0.362. The Labute approximate surface area is 170 Å². The molecule has 4 rings (SSSR count). The van der Waals surface area contributed by atoms with E-state index in [1.807, 2.05) is 97.1 Å². The summed E-state index contributed by atoms with van der Waals surface area (Å²) in [5, 5.41) is 9.67. The Balaban J connectivity index is 1.40. The van der Waals surface area contributed by atoms with Gasteiger partial charge in [0.25, 0.3) is 5.91 Å². The molecule has 4 aromatic rings. The molecule has 0 unspecified atom stereocenters. The number of rotatable bonds is 6. The first-order valence-corrected chi connectivity index (χ1v) is 9.42. The van der Waals surface area contributed by atoms with Gasteiger partial charge in [0.15, 0.2) is 0 Å². The molecule has 3 N–H and O–H groups in total. The van der Waals surface area contributed by atoms with E-state index in [2.05, 4.69) is 16.0 Å². The van der Waals surface area contributed by atoms with Crippen molar-refractivity contribution in [3.63, 3.8) is 0 Å². The topological polar surface area (TPSA) is 53.2 Å². The second-order valence-corrected chi connectivity index (χ2v) is 6.59. The van der Waals surface area contributed by atoms with Gasteiger partial charge >= 0.3 is 0 Å². The van der Waals surface area contributed by atoms with E-state index in [4.69, 9.17) is 0 Å². The van der Waals surface area contributed by atoms with Crippen LogP contribution in [0.3, 0.4) is 0 Å². The van der Waals surface area contributed by atoms with Gasteiger partial charge in [0.2, 0.25) is 0 Å². The third kappa shape index (κ3) is 5.02. The van der Waals surface area contributed by atoms with Crippen LogP contribution in [-0.2, 0) is 0 Å². The van der Waals surface area contributed by atoms with E-state index < -0.39 is 0 Å². The molecule has 0 bridgehead atoms. The lowest BCUT2D eigenvalue weighted by atomic mass is 10.2. The minimum atomic E-state index is -0.126. The highest BCUT2D eigenvalue weighted by molar-refractivity contribution is 6.04. The molecule has 0 aliphatic heterocycles. The summed E-state index contributed by atoms with van der Waals surface area (Å²) >= 11 is 0. The third-order valence-corrected chi connectivity index (χ3v) is 4.39. The molecule has 0 atom stereocenters. The lowest BCUT2D eigenvalue weighted by Crippen LogP contribution is -2.11. The minimum absolute atomic E-state index is 0.126. The van der Waals surface area contributed by atoms with Gasteiger partial charge in [-0.2, -0.15) is 0 Å².